The Morgan fingerprint density at radius 2 is 2.00 bits per heavy atom. The van der Waals surface area contributed by atoms with Gasteiger partial charge in [0.1, 0.15) is 0 Å². The SMILES string of the molecule is CSCC[C@H](N)C(=O)NC(C)C(C)C(=O)O. The molecule has 6 heteroatoms. The van der Waals surface area contributed by atoms with E-state index < -0.39 is 24.0 Å². The fourth-order valence-electron chi connectivity index (χ4n) is 1.05. The molecule has 1 amide bonds. The first kappa shape index (κ1) is 15.2. The van der Waals surface area contributed by atoms with Crippen molar-refractivity contribution in [1.29, 1.82) is 0 Å². The van der Waals surface area contributed by atoms with Crippen molar-refractivity contribution in [2.45, 2.75) is 32.4 Å². The van der Waals surface area contributed by atoms with Crippen molar-refractivity contribution in [1.82, 2.24) is 5.32 Å². The number of aliphatic carboxylic acids is 1. The number of nitrogens with one attached hydrogen (secondary N) is 1. The largest absolute Gasteiger partial charge is 0.481 e. The van der Waals surface area contributed by atoms with Crippen LogP contribution in [0.25, 0.3) is 0 Å². The number of thioether (sulfide) groups is 1. The number of carbonyl (C=O) groups excluding carboxylic acids is 1. The number of carbonyl (C=O) groups is 2. The van der Waals surface area contributed by atoms with E-state index >= 15 is 0 Å². The molecule has 2 unspecified atom stereocenters. The Balaban J connectivity index is 4.07. The Hall–Kier alpha value is -0.750. The molecule has 0 aromatic rings. The number of amides is 1. The zero-order valence-corrected chi connectivity index (χ0v) is 10.7. The Labute approximate surface area is 100 Å². The third kappa shape index (κ3) is 5.37. The maximum absolute atomic E-state index is 11.5. The molecule has 0 saturated heterocycles. The van der Waals surface area contributed by atoms with Crippen LogP contribution in [0.5, 0.6) is 0 Å². The van der Waals surface area contributed by atoms with E-state index in [1.54, 1.807) is 25.6 Å². The van der Waals surface area contributed by atoms with Crippen molar-refractivity contribution in [3.8, 4) is 0 Å². The van der Waals surface area contributed by atoms with Crippen molar-refractivity contribution in [2.24, 2.45) is 11.7 Å². The molecular formula is C10H20N2O3S. The van der Waals surface area contributed by atoms with E-state index in [-0.39, 0.29) is 5.91 Å². The van der Waals surface area contributed by atoms with Crippen LogP contribution < -0.4 is 11.1 Å². The van der Waals surface area contributed by atoms with Gasteiger partial charge in [0.25, 0.3) is 0 Å². The summed E-state index contributed by atoms with van der Waals surface area (Å²) in [6.07, 6.45) is 2.54. The normalized spacial score (nSPS) is 16.2. The smallest absolute Gasteiger partial charge is 0.308 e. The summed E-state index contributed by atoms with van der Waals surface area (Å²) in [6.45, 7) is 3.22. The highest BCUT2D eigenvalue weighted by atomic mass is 32.2. The summed E-state index contributed by atoms with van der Waals surface area (Å²) in [6, 6.07) is -0.971. The highest BCUT2D eigenvalue weighted by Gasteiger charge is 2.23. The molecule has 0 aliphatic heterocycles. The van der Waals surface area contributed by atoms with Gasteiger partial charge >= 0.3 is 5.97 Å². The second kappa shape index (κ2) is 7.51. The predicted molar refractivity (Wildman–Crippen MR) is 65.4 cm³/mol. The minimum Gasteiger partial charge on any atom is -0.481 e. The molecule has 0 fully saturated rings. The zero-order valence-electron chi connectivity index (χ0n) is 9.90. The third-order valence-corrected chi connectivity index (χ3v) is 3.12. The lowest BCUT2D eigenvalue weighted by Gasteiger charge is -2.20. The van der Waals surface area contributed by atoms with Crippen molar-refractivity contribution in [2.75, 3.05) is 12.0 Å². The van der Waals surface area contributed by atoms with Crippen LogP contribution in [0.4, 0.5) is 0 Å². The van der Waals surface area contributed by atoms with Gasteiger partial charge in [-0.2, -0.15) is 11.8 Å². The second-order valence-corrected chi connectivity index (χ2v) is 4.80. The van der Waals surface area contributed by atoms with E-state index in [9.17, 15) is 9.59 Å². The fourth-order valence-corrected chi connectivity index (χ4v) is 1.54. The maximum Gasteiger partial charge on any atom is 0.308 e. The molecule has 0 heterocycles. The number of hydrogen-bond donors (Lipinski definition) is 3. The number of carboxylic acids is 1. The molecule has 94 valence electrons. The molecule has 0 bridgehead atoms. The van der Waals surface area contributed by atoms with E-state index in [4.69, 9.17) is 10.8 Å². The number of nitrogens with two attached hydrogens (primary N) is 1. The maximum atomic E-state index is 11.5. The highest BCUT2D eigenvalue weighted by Crippen LogP contribution is 2.04. The van der Waals surface area contributed by atoms with Crippen LogP contribution in [0.1, 0.15) is 20.3 Å². The van der Waals surface area contributed by atoms with E-state index in [0.29, 0.717) is 6.42 Å². The molecule has 0 radical (unpaired) electrons. The lowest BCUT2D eigenvalue weighted by atomic mass is 10.0. The average molecular weight is 248 g/mol. The molecule has 0 saturated carbocycles. The van der Waals surface area contributed by atoms with E-state index in [2.05, 4.69) is 5.32 Å². The van der Waals surface area contributed by atoms with Gasteiger partial charge in [0.05, 0.1) is 12.0 Å². The molecule has 16 heavy (non-hydrogen) atoms. The van der Waals surface area contributed by atoms with Gasteiger partial charge in [0.15, 0.2) is 0 Å². The third-order valence-electron chi connectivity index (χ3n) is 2.48. The van der Waals surface area contributed by atoms with Crippen LogP contribution in [-0.4, -0.2) is 41.1 Å². The molecule has 4 N–H and O–H groups in total. The van der Waals surface area contributed by atoms with Gasteiger partial charge in [-0.3, -0.25) is 9.59 Å². The Morgan fingerprint density at radius 3 is 2.44 bits per heavy atom. The molecule has 0 aliphatic rings. The van der Waals surface area contributed by atoms with Crippen LogP contribution in [0.2, 0.25) is 0 Å². The van der Waals surface area contributed by atoms with E-state index in [1.165, 1.54) is 0 Å². The summed E-state index contributed by atoms with van der Waals surface area (Å²) >= 11 is 1.62. The van der Waals surface area contributed by atoms with Crippen LogP contribution in [0.3, 0.4) is 0 Å². The first-order chi connectivity index (χ1) is 7.40. The van der Waals surface area contributed by atoms with Gasteiger partial charge in [0.2, 0.25) is 5.91 Å². The number of rotatable bonds is 7. The van der Waals surface area contributed by atoms with Crippen LogP contribution in [0, 0.1) is 5.92 Å². The van der Waals surface area contributed by atoms with Gasteiger partial charge < -0.3 is 16.2 Å². The number of carboxylic acid groups (broad SMARTS) is 1. The fraction of sp³-hybridized carbons (Fsp3) is 0.800. The minimum atomic E-state index is -0.925. The van der Waals surface area contributed by atoms with Crippen molar-refractivity contribution < 1.29 is 14.7 Å². The Morgan fingerprint density at radius 1 is 1.44 bits per heavy atom. The minimum absolute atomic E-state index is 0.283. The molecular weight excluding hydrogens is 228 g/mol. The molecule has 0 aliphatic carbocycles. The first-order valence-corrected chi connectivity index (χ1v) is 6.57. The summed E-state index contributed by atoms with van der Waals surface area (Å²) in [4.78, 5) is 22.2. The molecule has 0 aromatic heterocycles. The average Bonchev–Trinajstić information content (AvgIpc) is 2.24. The lowest BCUT2D eigenvalue weighted by Crippen LogP contribution is -2.47. The predicted octanol–water partition coefficient (Wildman–Crippen LogP) is 0.292. The van der Waals surface area contributed by atoms with Crippen molar-refractivity contribution in [3.63, 3.8) is 0 Å². The quantitative estimate of drug-likeness (QED) is 0.602. The molecule has 0 rings (SSSR count). The summed E-state index contributed by atoms with van der Waals surface area (Å²) in [5.41, 5.74) is 5.66. The number of hydrogen-bond acceptors (Lipinski definition) is 4. The molecule has 0 spiro atoms. The zero-order chi connectivity index (χ0) is 12.7. The van der Waals surface area contributed by atoms with E-state index in [0.717, 1.165) is 5.75 Å². The Kier molecular flexibility index (Phi) is 7.16. The summed E-state index contributed by atoms with van der Waals surface area (Å²) in [5.74, 6) is -1.01. The monoisotopic (exact) mass is 248 g/mol. The summed E-state index contributed by atoms with van der Waals surface area (Å²) in [5, 5.41) is 11.4. The topological polar surface area (TPSA) is 92.4 Å². The summed E-state index contributed by atoms with van der Waals surface area (Å²) < 4.78 is 0. The molecule has 5 nitrogen and oxygen atoms in total. The summed E-state index contributed by atoms with van der Waals surface area (Å²) in [7, 11) is 0. The van der Waals surface area contributed by atoms with Crippen LogP contribution in [0.15, 0.2) is 0 Å². The first-order valence-electron chi connectivity index (χ1n) is 5.17. The molecule has 0 aromatic carbocycles. The van der Waals surface area contributed by atoms with Gasteiger partial charge in [0, 0.05) is 6.04 Å². The van der Waals surface area contributed by atoms with Gasteiger partial charge in [-0.25, -0.2) is 0 Å². The second-order valence-electron chi connectivity index (χ2n) is 3.81. The van der Waals surface area contributed by atoms with Crippen LogP contribution >= 0.6 is 11.8 Å². The Bertz CT molecular complexity index is 248. The van der Waals surface area contributed by atoms with Gasteiger partial charge in [-0.05, 0) is 32.3 Å². The van der Waals surface area contributed by atoms with Crippen LogP contribution in [-0.2, 0) is 9.59 Å². The lowest BCUT2D eigenvalue weighted by molar-refractivity contribution is -0.142. The highest BCUT2D eigenvalue weighted by molar-refractivity contribution is 7.98. The standard InChI is InChI=1S/C10H20N2O3S/c1-6(10(14)15)7(2)12-9(13)8(11)4-5-16-3/h6-8H,4-5,11H2,1-3H3,(H,12,13)(H,14,15)/t6?,7?,8-/m0/s1. The van der Waals surface area contributed by atoms with Crippen molar-refractivity contribution in [3.05, 3.63) is 0 Å². The van der Waals surface area contributed by atoms with Gasteiger partial charge in [-0.15, -0.1) is 0 Å². The van der Waals surface area contributed by atoms with E-state index in [1.807, 2.05) is 6.26 Å². The van der Waals surface area contributed by atoms with Gasteiger partial charge in [-0.1, -0.05) is 0 Å². The van der Waals surface area contributed by atoms with Crippen molar-refractivity contribution >= 4 is 23.6 Å². The molecule has 3 atom stereocenters.